The van der Waals surface area contributed by atoms with Gasteiger partial charge in [-0.3, -0.25) is 28.9 Å². The van der Waals surface area contributed by atoms with Crippen LogP contribution in [0.15, 0.2) is 61.3 Å². The predicted octanol–water partition coefficient (Wildman–Crippen LogP) is 2.43. The molecule has 3 fully saturated rings. The second-order valence-electron chi connectivity index (χ2n) is 14.8. The van der Waals surface area contributed by atoms with E-state index in [2.05, 4.69) is 40.3 Å². The van der Waals surface area contributed by atoms with Gasteiger partial charge in [-0.25, -0.2) is 23.4 Å². The minimum Gasteiger partial charge on any atom is -0.472 e. The molecule has 55 heavy (non-hydrogen) atoms. The van der Waals surface area contributed by atoms with Crippen LogP contribution in [0.4, 0.5) is 0 Å². The van der Waals surface area contributed by atoms with Crippen LogP contribution in [-0.4, -0.2) is 97.4 Å². The number of rotatable bonds is 7. The summed E-state index contributed by atoms with van der Waals surface area (Å²) in [7, 11) is -3.90. The average molecular weight is 768 g/mol. The number of aromatic nitrogens is 5. The molecular formula is C38H41N9O7S. The van der Waals surface area contributed by atoms with Crippen LogP contribution in [0, 0.1) is 12.8 Å². The molecule has 3 N–H and O–H groups in total. The standard InChI is InChI=1S/C38H41N9O7S/c1-22-17-41-30(19-40-22)33(48)43-29-12-6-4-2-3-5-9-23-16-38(23,37(51)46-55(52,53)25-13-14-25)45-34(49)31-15-24(20-47(31)36(29)50)54-35-27-11-8-7-10-26(27)28-18-39-21-42-32(28)44-35/h5,7-11,17-19,21,23-25,29,31H,2-4,6,12-16,20H2,1H3,(H,43,48)(H,45,49)(H,46,51)/t23-,24-,29+,31+,38-/m1/s1. The average Bonchev–Trinajstić information content (AvgIpc) is 4.11. The second kappa shape index (κ2) is 14.6. The molecular weight excluding hydrogens is 727 g/mol. The van der Waals surface area contributed by atoms with Crippen LogP contribution in [0.1, 0.15) is 74.0 Å². The summed E-state index contributed by atoms with van der Waals surface area (Å²) in [5, 5.41) is 7.32. The first kappa shape index (κ1) is 36.4. The molecule has 4 amide bonds. The largest absolute Gasteiger partial charge is 0.472 e. The predicted molar refractivity (Wildman–Crippen MR) is 199 cm³/mol. The van der Waals surface area contributed by atoms with E-state index in [0.29, 0.717) is 48.8 Å². The number of allylic oxidation sites excluding steroid dienone is 1. The van der Waals surface area contributed by atoms with E-state index >= 15 is 0 Å². The van der Waals surface area contributed by atoms with Crippen molar-refractivity contribution in [3.05, 3.63) is 72.7 Å². The minimum atomic E-state index is -3.90. The Morgan fingerprint density at radius 1 is 0.982 bits per heavy atom. The zero-order chi connectivity index (χ0) is 38.3. The highest BCUT2D eigenvalue weighted by Crippen LogP contribution is 2.46. The van der Waals surface area contributed by atoms with E-state index in [4.69, 9.17) is 4.74 Å². The number of hydrogen-bond donors (Lipinski definition) is 3. The fourth-order valence-electron chi connectivity index (χ4n) is 7.50. The summed E-state index contributed by atoms with van der Waals surface area (Å²) in [4.78, 5) is 79.1. The quantitative estimate of drug-likeness (QED) is 0.183. The van der Waals surface area contributed by atoms with Gasteiger partial charge in [0.2, 0.25) is 27.7 Å². The van der Waals surface area contributed by atoms with Crippen molar-refractivity contribution < 1.29 is 32.3 Å². The number of benzene rings is 1. The maximum Gasteiger partial charge on any atom is 0.272 e. The van der Waals surface area contributed by atoms with E-state index < -0.39 is 68.5 Å². The molecule has 1 aromatic carbocycles. The van der Waals surface area contributed by atoms with Crippen LogP contribution in [-0.2, 0) is 24.4 Å². The Labute approximate surface area is 317 Å². The molecule has 8 rings (SSSR count). The second-order valence-corrected chi connectivity index (χ2v) is 16.7. The fourth-order valence-corrected chi connectivity index (χ4v) is 8.86. The molecule has 16 nitrogen and oxygen atoms in total. The van der Waals surface area contributed by atoms with Crippen LogP contribution >= 0.6 is 0 Å². The van der Waals surface area contributed by atoms with Crippen molar-refractivity contribution in [2.75, 3.05) is 6.54 Å². The van der Waals surface area contributed by atoms with Gasteiger partial charge in [0.15, 0.2) is 5.65 Å². The fraction of sp³-hybridized carbons (Fsp3) is 0.447. The first-order chi connectivity index (χ1) is 26.5. The van der Waals surface area contributed by atoms with Crippen molar-refractivity contribution in [1.29, 1.82) is 0 Å². The van der Waals surface area contributed by atoms with Gasteiger partial charge < -0.3 is 20.3 Å². The molecule has 0 bridgehead atoms. The summed E-state index contributed by atoms with van der Waals surface area (Å²) in [6.45, 7) is 1.71. The molecule has 5 heterocycles. The number of nitrogens with zero attached hydrogens (tertiary/aromatic N) is 6. The van der Waals surface area contributed by atoms with Crippen LogP contribution in [0.3, 0.4) is 0 Å². The summed E-state index contributed by atoms with van der Waals surface area (Å²) in [6.07, 6.45) is 13.2. The van der Waals surface area contributed by atoms with Gasteiger partial charge >= 0.3 is 0 Å². The molecule has 2 aliphatic carbocycles. The lowest BCUT2D eigenvalue weighted by Gasteiger charge is -2.29. The molecule has 1 saturated heterocycles. The first-order valence-corrected chi connectivity index (χ1v) is 20.2. The Bertz CT molecular complexity index is 2320. The van der Waals surface area contributed by atoms with Crippen LogP contribution in [0.5, 0.6) is 5.88 Å². The van der Waals surface area contributed by atoms with Gasteiger partial charge in [0, 0.05) is 35.5 Å². The Kier molecular flexibility index (Phi) is 9.65. The Hall–Kier alpha value is -5.58. The molecule has 286 valence electrons. The number of nitrogens with one attached hydrogen (secondary N) is 3. The van der Waals surface area contributed by atoms with Gasteiger partial charge in [0.1, 0.15) is 35.7 Å². The third-order valence-corrected chi connectivity index (χ3v) is 12.6. The Morgan fingerprint density at radius 3 is 2.58 bits per heavy atom. The van der Waals surface area contributed by atoms with E-state index in [0.717, 1.165) is 23.6 Å². The highest BCUT2D eigenvalue weighted by atomic mass is 32.2. The van der Waals surface area contributed by atoms with E-state index in [-0.39, 0.29) is 31.0 Å². The molecule has 2 saturated carbocycles. The number of hydrogen-bond acceptors (Lipinski definition) is 12. The number of carbonyl (C=O) groups is 4. The summed E-state index contributed by atoms with van der Waals surface area (Å²) >= 11 is 0. The van der Waals surface area contributed by atoms with Gasteiger partial charge in [-0.1, -0.05) is 43.2 Å². The van der Waals surface area contributed by atoms with Gasteiger partial charge in [-0.15, -0.1) is 0 Å². The van der Waals surface area contributed by atoms with Crippen molar-refractivity contribution in [1.82, 2.24) is 45.2 Å². The minimum absolute atomic E-state index is 0.0259. The third-order valence-electron chi connectivity index (χ3n) is 10.8. The molecule has 0 unspecified atom stereocenters. The number of pyridine rings is 1. The zero-order valence-electron chi connectivity index (χ0n) is 30.2. The SMILES string of the molecule is Cc1cnc(C(=O)N[C@H]2CCCCCC=C[C@@H]3C[C@@]3(C(=O)NS(=O)(=O)C3CC3)NC(=O)[C@@H]3C[C@@H](Oc4nc5ncncc5c5ccccc45)CN3C2=O)cn1. The van der Waals surface area contributed by atoms with Crippen molar-refractivity contribution in [3.63, 3.8) is 0 Å². The van der Waals surface area contributed by atoms with Gasteiger partial charge in [-0.05, 0) is 56.9 Å². The summed E-state index contributed by atoms with van der Waals surface area (Å²) in [6, 6.07) is 5.34. The van der Waals surface area contributed by atoms with Crippen LogP contribution < -0.4 is 20.1 Å². The highest BCUT2D eigenvalue weighted by Gasteiger charge is 2.62. The molecule has 4 aliphatic rings. The lowest BCUT2D eigenvalue weighted by molar-refractivity contribution is -0.141. The molecule has 0 radical (unpaired) electrons. The number of fused-ring (bicyclic) bond motifs is 5. The molecule has 4 aromatic rings. The van der Waals surface area contributed by atoms with E-state index in [1.807, 2.05) is 36.4 Å². The Balaban J connectivity index is 1.12. The summed E-state index contributed by atoms with van der Waals surface area (Å²) < 4.78 is 34.5. The maximum atomic E-state index is 14.6. The van der Waals surface area contributed by atoms with Crippen molar-refractivity contribution in [3.8, 4) is 5.88 Å². The zero-order valence-corrected chi connectivity index (χ0v) is 31.0. The molecule has 0 spiro atoms. The van der Waals surface area contributed by atoms with Crippen molar-refractivity contribution >= 4 is 55.5 Å². The molecule has 2 aliphatic heterocycles. The lowest BCUT2D eigenvalue weighted by Crippen LogP contribution is -2.58. The topological polar surface area (TPSA) is 215 Å². The Morgan fingerprint density at radius 2 is 1.80 bits per heavy atom. The normalized spacial score (nSPS) is 25.9. The smallest absolute Gasteiger partial charge is 0.272 e. The van der Waals surface area contributed by atoms with Crippen LogP contribution in [0.2, 0.25) is 0 Å². The third kappa shape index (κ3) is 7.44. The van der Waals surface area contributed by atoms with Gasteiger partial charge in [0.25, 0.3) is 11.8 Å². The molecule has 3 aromatic heterocycles. The van der Waals surface area contributed by atoms with Gasteiger partial charge in [-0.2, -0.15) is 4.98 Å². The number of aryl methyl sites for hydroxylation is 1. The first-order valence-electron chi connectivity index (χ1n) is 18.6. The molecule has 17 heteroatoms. The summed E-state index contributed by atoms with van der Waals surface area (Å²) in [5.74, 6) is -2.69. The van der Waals surface area contributed by atoms with Crippen LogP contribution in [0.25, 0.3) is 21.8 Å². The monoisotopic (exact) mass is 767 g/mol. The van der Waals surface area contributed by atoms with Crippen molar-refractivity contribution in [2.24, 2.45) is 5.92 Å². The van der Waals surface area contributed by atoms with E-state index in [1.54, 1.807) is 13.1 Å². The number of amides is 4. The van der Waals surface area contributed by atoms with Crippen molar-refractivity contribution in [2.45, 2.75) is 93.7 Å². The molecule has 5 atom stereocenters. The summed E-state index contributed by atoms with van der Waals surface area (Å²) in [5.41, 5.74) is -0.433. The van der Waals surface area contributed by atoms with E-state index in [9.17, 15) is 27.6 Å². The van der Waals surface area contributed by atoms with Gasteiger partial charge in [0.05, 0.1) is 23.7 Å². The maximum absolute atomic E-state index is 14.6. The lowest BCUT2D eigenvalue weighted by atomic mass is 10.0. The number of sulfonamides is 1. The number of carbonyl (C=O) groups excluding carboxylic acids is 4. The highest BCUT2D eigenvalue weighted by molar-refractivity contribution is 7.91. The number of ether oxygens (including phenoxy) is 1. The van der Waals surface area contributed by atoms with E-state index in [1.165, 1.54) is 23.6 Å².